The molecule has 0 aliphatic heterocycles. The second-order valence-electron chi connectivity index (χ2n) is 8.40. The summed E-state index contributed by atoms with van der Waals surface area (Å²) in [6.07, 6.45) is -5.46. The highest BCUT2D eigenvalue weighted by atomic mass is 32.2. The van der Waals surface area contributed by atoms with Gasteiger partial charge < -0.3 is 4.74 Å². The van der Waals surface area contributed by atoms with Gasteiger partial charge in [-0.2, -0.15) is 17.9 Å². The van der Waals surface area contributed by atoms with E-state index in [1.54, 1.807) is 36.4 Å². The van der Waals surface area contributed by atoms with E-state index in [0.29, 0.717) is 18.4 Å². The fourth-order valence-corrected chi connectivity index (χ4v) is 4.96. The van der Waals surface area contributed by atoms with Crippen molar-refractivity contribution in [3.8, 4) is 0 Å². The van der Waals surface area contributed by atoms with Crippen molar-refractivity contribution in [3.05, 3.63) is 42.5 Å². The first-order valence-corrected chi connectivity index (χ1v) is 11.8. The van der Waals surface area contributed by atoms with Gasteiger partial charge in [-0.1, -0.05) is 43.3 Å². The van der Waals surface area contributed by atoms with Gasteiger partial charge in [0.15, 0.2) is 0 Å². The molecule has 0 radical (unpaired) electrons. The molecular formula is C22H29F3N2O4S. The minimum absolute atomic E-state index is 0.0678. The van der Waals surface area contributed by atoms with Gasteiger partial charge in [0.2, 0.25) is 10.0 Å². The van der Waals surface area contributed by atoms with E-state index in [1.807, 2.05) is 32.6 Å². The van der Waals surface area contributed by atoms with Crippen LogP contribution in [0.3, 0.4) is 0 Å². The van der Waals surface area contributed by atoms with Crippen LogP contribution in [0.25, 0.3) is 10.8 Å². The van der Waals surface area contributed by atoms with Crippen LogP contribution in [0, 0.1) is 0 Å². The summed E-state index contributed by atoms with van der Waals surface area (Å²) in [5.41, 5.74) is -0.504. The molecule has 0 fully saturated rings. The number of esters is 1. The van der Waals surface area contributed by atoms with Gasteiger partial charge >= 0.3 is 12.1 Å². The van der Waals surface area contributed by atoms with Crippen molar-refractivity contribution in [2.45, 2.75) is 63.3 Å². The lowest BCUT2D eigenvalue weighted by molar-refractivity contribution is -0.200. The zero-order valence-electron chi connectivity index (χ0n) is 18.6. The predicted molar refractivity (Wildman–Crippen MR) is 116 cm³/mol. The Labute approximate surface area is 186 Å². The molecule has 2 rings (SSSR count). The Morgan fingerprint density at radius 2 is 1.72 bits per heavy atom. The van der Waals surface area contributed by atoms with E-state index in [2.05, 4.69) is 9.46 Å². The molecule has 1 N–H and O–H groups in total. The average molecular weight is 475 g/mol. The monoisotopic (exact) mass is 474 g/mol. The van der Waals surface area contributed by atoms with E-state index >= 15 is 0 Å². The second kappa shape index (κ2) is 10.2. The summed E-state index contributed by atoms with van der Waals surface area (Å²) in [5.74, 6) is -2.30. The second-order valence-corrected chi connectivity index (χ2v) is 10.1. The standard InChI is InChI=1S/C22H29F3N2O4S/c1-5-14-27(21(2,3)4)19(13-15-31-20(28)22(23,24)25)26-32(29,30)18-12-8-10-16-9-6-7-11-17(16)18/h6-12,19,26H,5,13-15H2,1-4H3/t19-/m0/s1. The number of ether oxygens (including phenoxy) is 1. The SMILES string of the molecule is CCCN([C@@H](CCOC(=O)C(F)(F)F)NS(=O)(=O)c1cccc2ccccc12)C(C)(C)C. The van der Waals surface area contributed by atoms with Crippen molar-refractivity contribution >= 4 is 26.8 Å². The summed E-state index contributed by atoms with van der Waals surface area (Å²) < 4.78 is 71.1. The predicted octanol–water partition coefficient (Wildman–Crippen LogP) is 4.45. The number of carbonyl (C=O) groups excluding carboxylic acids is 1. The maximum Gasteiger partial charge on any atom is 0.490 e. The number of nitrogens with one attached hydrogen (secondary N) is 1. The van der Waals surface area contributed by atoms with Crippen molar-refractivity contribution in [2.75, 3.05) is 13.2 Å². The highest BCUT2D eigenvalue weighted by molar-refractivity contribution is 7.89. The van der Waals surface area contributed by atoms with Gasteiger partial charge in [0.05, 0.1) is 17.7 Å². The molecule has 2 aromatic carbocycles. The largest absolute Gasteiger partial charge is 0.490 e. The smallest absolute Gasteiger partial charge is 0.459 e. The minimum Gasteiger partial charge on any atom is -0.459 e. The fraction of sp³-hybridized carbons (Fsp3) is 0.500. The molecule has 0 saturated heterocycles. The highest BCUT2D eigenvalue weighted by Gasteiger charge is 2.41. The van der Waals surface area contributed by atoms with Crippen LogP contribution in [0.2, 0.25) is 0 Å². The average Bonchev–Trinajstić information content (AvgIpc) is 2.69. The molecule has 0 bridgehead atoms. The molecule has 10 heteroatoms. The minimum atomic E-state index is -5.11. The summed E-state index contributed by atoms with van der Waals surface area (Å²) >= 11 is 0. The molecule has 0 aliphatic rings. The van der Waals surface area contributed by atoms with E-state index < -0.39 is 40.5 Å². The number of hydrogen-bond donors (Lipinski definition) is 1. The number of fused-ring (bicyclic) bond motifs is 1. The fourth-order valence-electron chi connectivity index (χ4n) is 3.50. The van der Waals surface area contributed by atoms with Crippen LogP contribution in [-0.2, 0) is 19.6 Å². The van der Waals surface area contributed by atoms with Crippen molar-refractivity contribution < 1.29 is 31.1 Å². The van der Waals surface area contributed by atoms with Crippen LogP contribution >= 0.6 is 0 Å². The maximum atomic E-state index is 13.3. The molecule has 0 aromatic heterocycles. The van der Waals surface area contributed by atoms with Crippen molar-refractivity contribution in [1.82, 2.24) is 9.62 Å². The molecule has 32 heavy (non-hydrogen) atoms. The van der Waals surface area contributed by atoms with Crippen molar-refractivity contribution in [2.24, 2.45) is 0 Å². The number of rotatable bonds is 9. The maximum absolute atomic E-state index is 13.3. The third-order valence-electron chi connectivity index (χ3n) is 4.89. The number of halogens is 3. The number of benzene rings is 2. The number of sulfonamides is 1. The first-order chi connectivity index (χ1) is 14.8. The van der Waals surface area contributed by atoms with Crippen molar-refractivity contribution in [1.29, 1.82) is 0 Å². The third kappa shape index (κ3) is 6.66. The van der Waals surface area contributed by atoms with Crippen LogP contribution in [0.5, 0.6) is 0 Å². The quantitative estimate of drug-likeness (QED) is 0.429. The Hall–Kier alpha value is -2.17. The van der Waals surface area contributed by atoms with Gasteiger partial charge in [0.25, 0.3) is 0 Å². The molecule has 1 atom stereocenters. The summed E-state index contributed by atoms with van der Waals surface area (Å²) in [7, 11) is -4.04. The molecular weight excluding hydrogens is 445 g/mol. The first-order valence-electron chi connectivity index (χ1n) is 10.3. The molecule has 178 valence electrons. The summed E-state index contributed by atoms with van der Waals surface area (Å²) in [6.45, 7) is 7.45. The first kappa shape index (κ1) is 26.1. The Morgan fingerprint density at radius 3 is 2.31 bits per heavy atom. The van der Waals surface area contributed by atoms with Gasteiger partial charge in [0.1, 0.15) is 0 Å². The Kier molecular flexibility index (Phi) is 8.30. The van der Waals surface area contributed by atoms with Gasteiger partial charge in [0, 0.05) is 17.3 Å². The lowest BCUT2D eigenvalue weighted by atomic mass is 10.0. The molecule has 0 unspecified atom stereocenters. The number of alkyl halides is 3. The molecule has 0 saturated carbocycles. The normalized spacial score (nSPS) is 14.0. The molecule has 0 spiro atoms. The molecule has 0 amide bonds. The van der Waals surface area contributed by atoms with Crippen LogP contribution in [0.15, 0.2) is 47.4 Å². The molecule has 2 aromatic rings. The Balaban J connectivity index is 2.36. The number of nitrogens with zero attached hydrogens (tertiary/aromatic N) is 1. The Bertz CT molecular complexity index is 1030. The van der Waals surface area contributed by atoms with Gasteiger partial charge in [-0.25, -0.2) is 13.2 Å². The third-order valence-corrected chi connectivity index (χ3v) is 6.41. The van der Waals surface area contributed by atoms with Crippen LogP contribution in [0.1, 0.15) is 40.5 Å². The highest BCUT2D eigenvalue weighted by Crippen LogP contribution is 2.25. The van der Waals surface area contributed by atoms with Gasteiger partial charge in [-0.15, -0.1) is 0 Å². The van der Waals surface area contributed by atoms with E-state index in [1.165, 1.54) is 6.07 Å². The van der Waals surface area contributed by atoms with E-state index in [-0.39, 0.29) is 11.3 Å². The van der Waals surface area contributed by atoms with Crippen LogP contribution < -0.4 is 4.72 Å². The topological polar surface area (TPSA) is 75.7 Å². The van der Waals surface area contributed by atoms with Gasteiger partial charge in [-0.05, 0) is 45.2 Å². The van der Waals surface area contributed by atoms with E-state index in [9.17, 15) is 26.4 Å². The summed E-state index contributed by atoms with van der Waals surface area (Å²) in [4.78, 5) is 13.0. The lowest BCUT2D eigenvalue weighted by Crippen LogP contribution is -2.56. The number of carbonyl (C=O) groups is 1. The summed E-state index contributed by atoms with van der Waals surface area (Å²) in [5, 5.41) is 1.27. The zero-order chi connectivity index (χ0) is 24.2. The Morgan fingerprint density at radius 1 is 1.09 bits per heavy atom. The van der Waals surface area contributed by atoms with E-state index in [0.717, 1.165) is 5.39 Å². The zero-order valence-corrected chi connectivity index (χ0v) is 19.4. The molecule has 0 aliphatic carbocycles. The lowest BCUT2D eigenvalue weighted by Gasteiger charge is -2.41. The van der Waals surface area contributed by atoms with Crippen molar-refractivity contribution in [3.63, 3.8) is 0 Å². The van der Waals surface area contributed by atoms with Gasteiger partial charge in [-0.3, -0.25) is 4.90 Å². The van der Waals surface area contributed by atoms with E-state index in [4.69, 9.17) is 0 Å². The van der Waals surface area contributed by atoms with Crippen LogP contribution in [0.4, 0.5) is 13.2 Å². The summed E-state index contributed by atoms with van der Waals surface area (Å²) in [6, 6.07) is 11.9. The molecule has 6 nitrogen and oxygen atoms in total. The molecule has 0 heterocycles. The van der Waals surface area contributed by atoms with Crippen LogP contribution in [-0.4, -0.2) is 50.3 Å². The number of hydrogen-bond acceptors (Lipinski definition) is 5.